The van der Waals surface area contributed by atoms with Crippen LogP contribution in [0.5, 0.6) is 23.0 Å². The zero-order valence-electron chi connectivity index (χ0n) is 13.9. The Kier molecular flexibility index (Phi) is 3.56. The van der Waals surface area contributed by atoms with E-state index in [1.165, 1.54) is 0 Å². The number of rotatable bonds is 4. The van der Waals surface area contributed by atoms with Crippen LogP contribution < -0.4 is 24.3 Å². The van der Waals surface area contributed by atoms with Crippen molar-refractivity contribution in [2.75, 3.05) is 13.6 Å². The third kappa shape index (κ3) is 2.88. The monoisotopic (exact) mass is 367 g/mol. The van der Waals surface area contributed by atoms with E-state index in [9.17, 15) is 4.79 Å². The van der Waals surface area contributed by atoms with Gasteiger partial charge in [0, 0.05) is 12.1 Å². The summed E-state index contributed by atoms with van der Waals surface area (Å²) in [7, 11) is 0. The Morgan fingerprint density at radius 2 is 1.63 bits per heavy atom. The van der Waals surface area contributed by atoms with Crippen molar-refractivity contribution in [1.82, 2.24) is 15.5 Å². The summed E-state index contributed by atoms with van der Waals surface area (Å²) < 4.78 is 26.4. The number of amides is 1. The molecule has 0 fully saturated rings. The molecule has 2 aromatic carbocycles. The number of ether oxygens (including phenoxy) is 4. The summed E-state index contributed by atoms with van der Waals surface area (Å²) in [5.74, 6) is 2.33. The van der Waals surface area contributed by atoms with Crippen molar-refractivity contribution in [3.8, 4) is 34.5 Å². The van der Waals surface area contributed by atoms with E-state index >= 15 is 0 Å². The van der Waals surface area contributed by atoms with Crippen LogP contribution in [0.3, 0.4) is 0 Å². The minimum atomic E-state index is -0.441. The van der Waals surface area contributed by atoms with Crippen LogP contribution in [0.15, 0.2) is 40.9 Å². The zero-order valence-corrected chi connectivity index (χ0v) is 13.9. The van der Waals surface area contributed by atoms with E-state index in [2.05, 4.69) is 15.5 Å². The highest BCUT2D eigenvalue weighted by Gasteiger charge is 2.19. The summed E-state index contributed by atoms with van der Waals surface area (Å²) >= 11 is 0. The number of nitrogens with zero attached hydrogens (tertiary/aromatic N) is 2. The molecular weight excluding hydrogens is 354 g/mol. The first-order valence-electron chi connectivity index (χ1n) is 8.17. The maximum Gasteiger partial charge on any atom is 0.292 e. The number of hydrogen-bond donors (Lipinski definition) is 1. The second-order valence-corrected chi connectivity index (χ2v) is 5.86. The molecule has 0 saturated carbocycles. The molecule has 136 valence electrons. The highest BCUT2D eigenvalue weighted by Crippen LogP contribution is 2.35. The molecule has 3 aromatic rings. The summed E-state index contributed by atoms with van der Waals surface area (Å²) in [6.45, 7) is 0.677. The molecule has 1 aromatic heterocycles. The molecule has 1 N–H and O–H groups in total. The van der Waals surface area contributed by atoms with Gasteiger partial charge in [0.2, 0.25) is 13.6 Å². The van der Waals surface area contributed by atoms with Gasteiger partial charge in [0.1, 0.15) is 0 Å². The van der Waals surface area contributed by atoms with Gasteiger partial charge in [0.15, 0.2) is 23.0 Å². The predicted molar refractivity (Wildman–Crippen MR) is 89.6 cm³/mol. The molecule has 0 spiro atoms. The average Bonchev–Trinajstić information content (AvgIpc) is 3.45. The maximum atomic E-state index is 12.3. The van der Waals surface area contributed by atoms with E-state index in [0.717, 1.165) is 5.56 Å². The van der Waals surface area contributed by atoms with Gasteiger partial charge in [0.25, 0.3) is 17.6 Å². The van der Waals surface area contributed by atoms with Gasteiger partial charge in [-0.15, -0.1) is 0 Å². The third-order valence-corrected chi connectivity index (χ3v) is 4.14. The molecule has 2 aliphatic heterocycles. The summed E-state index contributed by atoms with van der Waals surface area (Å²) in [5, 5.41) is 6.49. The van der Waals surface area contributed by atoms with E-state index in [-0.39, 0.29) is 25.3 Å². The van der Waals surface area contributed by atoms with Crippen LogP contribution >= 0.6 is 0 Å². The summed E-state index contributed by atoms with van der Waals surface area (Å²) in [6.07, 6.45) is 0. The van der Waals surface area contributed by atoms with Crippen molar-refractivity contribution in [3.05, 3.63) is 47.8 Å². The van der Waals surface area contributed by atoms with Gasteiger partial charge >= 0.3 is 0 Å². The van der Waals surface area contributed by atoms with Gasteiger partial charge in [-0.1, -0.05) is 11.2 Å². The normalized spacial score (nSPS) is 13.6. The van der Waals surface area contributed by atoms with Gasteiger partial charge in [-0.2, -0.15) is 4.98 Å². The van der Waals surface area contributed by atoms with Gasteiger partial charge in [-0.3, -0.25) is 4.79 Å². The maximum absolute atomic E-state index is 12.3. The van der Waals surface area contributed by atoms with Crippen molar-refractivity contribution in [2.45, 2.75) is 6.54 Å². The van der Waals surface area contributed by atoms with Gasteiger partial charge in [-0.25, -0.2) is 0 Å². The second kappa shape index (κ2) is 6.20. The molecule has 9 nitrogen and oxygen atoms in total. The Labute approximate surface area is 152 Å². The second-order valence-electron chi connectivity index (χ2n) is 5.86. The van der Waals surface area contributed by atoms with Gasteiger partial charge in [0.05, 0.1) is 0 Å². The highest BCUT2D eigenvalue weighted by atomic mass is 16.7. The fourth-order valence-electron chi connectivity index (χ4n) is 2.77. The lowest BCUT2D eigenvalue weighted by Crippen LogP contribution is -2.23. The summed E-state index contributed by atoms with van der Waals surface area (Å²) in [5.41, 5.74) is 1.51. The van der Waals surface area contributed by atoms with Crippen LogP contribution in [0.4, 0.5) is 0 Å². The zero-order chi connectivity index (χ0) is 18.2. The molecule has 5 rings (SSSR count). The highest BCUT2D eigenvalue weighted by molar-refractivity contribution is 5.90. The van der Waals surface area contributed by atoms with E-state index in [1.54, 1.807) is 24.3 Å². The minimum Gasteiger partial charge on any atom is -0.454 e. The summed E-state index contributed by atoms with van der Waals surface area (Å²) in [6, 6.07) is 10.7. The molecule has 27 heavy (non-hydrogen) atoms. The lowest BCUT2D eigenvalue weighted by atomic mass is 10.2. The minimum absolute atomic E-state index is 0.0524. The number of aromatic nitrogens is 2. The fourth-order valence-corrected chi connectivity index (χ4v) is 2.77. The molecule has 0 atom stereocenters. The van der Waals surface area contributed by atoms with Crippen LogP contribution in [-0.4, -0.2) is 29.6 Å². The van der Waals surface area contributed by atoms with Crippen LogP contribution in [0.2, 0.25) is 0 Å². The van der Waals surface area contributed by atoms with Crippen molar-refractivity contribution < 1.29 is 28.3 Å². The van der Waals surface area contributed by atoms with E-state index in [1.807, 2.05) is 12.1 Å². The Morgan fingerprint density at radius 1 is 0.926 bits per heavy atom. The average molecular weight is 367 g/mol. The number of nitrogens with one attached hydrogen (secondary N) is 1. The summed E-state index contributed by atoms with van der Waals surface area (Å²) in [4.78, 5) is 16.4. The molecule has 0 bridgehead atoms. The molecule has 0 aliphatic carbocycles. The topological polar surface area (TPSA) is 105 Å². The Morgan fingerprint density at radius 3 is 2.44 bits per heavy atom. The SMILES string of the molecule is O=C(NCc1ccc2c(c1)OCO2)c1noc(-c2ccc3c(c2)OCO3)n1. The Hall–Kier alpha value is -3.75. The quantitative estimate of drug-likeness (QED) is 0.748. The molecule has 2 aliphatic rings. The van der Waals surface area contributed by atoms with Gasteiger partial charge in [-0.05, 0) is 35.9 Å². The molecule has 1 amide bonds. The lowest BCUT2D eigenvalue weighted by Gasteiger charge is -2.04. The molecular formula is C18H13N3O6. The van der Waals surface area contributed by atoms with Crippen LogP contribution in [-0.2, 0) is 6.54 Å². The van der Waals surface area contributed by atoms with Crippen molar-refractivity contribution in [2.24, 2.45) is 0 Å². The van der Waals surface area contributed by atoms with E-state index < -0.39 is 5.91 Å². The number of benzene rings is 2. The van der Waals surface area contributed by atoms with Gasteiger partial charge < -0.3 is 28.8 Å². The standard InChI is InChI=1S/C18H13N3O6/c22-17(19-7-10-1-3-12-14(5-10)25-8-23-12)16-20-18(27-21-16)11-2-4-13-15(6-11)26-9-24-13/h1-6H,7-9H2,(H,19,22). The number of hydrogen-bond acceptors (Lipinski definition) is 8. The largest absolute Gasteiger partial charge is 0.454 e. The van der Waals surface area contributed by atoms with Crippen LogP contribution in [0.25, 0.3) is 11.5 Å². The fraction of sp³-hybridized carbons (Fsp3) is 0.167. The first-order valence-corrected chi connectivity index (χ1v) is 8.17. The number of carbonyl (C=O) groups excluding carboxylic acids is 1. The number of carbonyl (C=O) groups is 1. The van der Waals surface area contributed by atoms with Crippen LogP contribution in [0, 0.1) is 0 Å². The van der Waals surface area contributed by atoms with E-state index in [4.69, 9.17) is 23.5 Å². The first kappa shape index (κ1) is 15.5. The smallest absolute Gasteiger partial charge is 0.292 e. The first-order chi connectivity index (χ1) is 13.3. The Balaban J connectivity index is 1.27. The molecule has 3 heterocycles. The van der Waals surface area contributed by atoms with Crippen molar-refractivity contribution in [1.29, 1.82) is 0 Å². The molecule has 0 radical (unpaired) electrons. The Bertz CT molecular complexity index is 1030. The molecule has 0 saturated heterocycles. The molecule has 9 heteroatoms. The van der Waals surface area contributed by atoms with E-state index in [0.29, 0.717) is 35.1 Å². The molecule has 0 unspecified atom stereocenters. The van der Waals surface area contributed by atoms with Crippen molar-refractivity contribution >= 4 is 5.91 Å². The van der Waals surface area contributed by atoms with Crippen molar-refractivity contribution in [3.63, 3.8) is 0 Å². The lowest BCUT2D eigenvalue weighted by molar-refractivity contribution is 0.0937. The number of fused-ring (bicyclic) bond motifs is 2. The third-order valence-electron chi connectivity index (χ3n) is 4.14. The predicted octanol–water partition coefficient (Wildman–Crippen LogP) is 2.12. The van der Waals surface area contributed by atoms with Crippen LogP contribution in [0.1, 0.15) is 16.2 Å².